The molecule has 0 rings (SSSR count). The van der Waals surface area contributed by atoms with Crippen LogP contribution in [-0.2, 0) is 4.74 Å². The van der Waals surface area contributed by atoms with Crippen LogP contribution in [0.4, 0.5) is 0 Å². The second kappa shape index (κ2) is 7.36. The Morgan fingerprint density at radius 2 is 1.86 bits per heavy atom. The lowest BCUT2D eigenvalue weighted by Gasteiger charge is -2.06. The Balaban J connectivity index is 4.67. The van der Waals surface area contributed by atoms with Gasteiger partial charge in [0.2, 0.25) is 5.90 Å². The van der Waals surface area contributed by atoms with Crippen LogP contribution in [0.15, 0.2) is 28.4 Å². The van der Waals surface area contributed by atoms with Crippen molar-refractivity contribution in [1.29, 1.82) is 0 Å². The molecule has 0 aliphatic rings. The first-order valence-electron chi connectivity index (χ1n) is 5.12. The van der Waals surface area contributed by atoms with Gasteiger partial charge in [-0.15, -0.1) is 0 Å². The van der Waals surface area contributed by atoms with Gasteiger partial charge in [0.05, 0.1) is 6.61 Å². The predicted octanol–water partition coefficient (Wildman–Crippen LogP) is 3.70. The number of aliphatic imine (C=N–C) groups is 1. The molecule has 0 saturated carbocycles. The van der Waals surface area contributed by atoms with Crippen molar-refractivity contribution in [1.82, 2.24) is 0 Å². The molecule has 0 fully saturated rings. The molecule has 0 N–H and O–H groups in total. The molecule has 0 spiro atoms. The van der Waals surface area contributed by atoms with Crippen LogP contribution in [0, 0.1) is 0 Å². The molecular formula is C12H21NO. The Bertz CT molecular complexity index is 245. The van der Waals surface area contributed by atoms with E-state index in [1.54, 1.807) is 0 Å². The van der Waals surface area contributed by atoms with Gasteiger partial charge in [-0.25, -0.2) is 4.99 Å². The minimum atomic E-state index is 0.657. The standard InChI is InChI=1S/C12H21NO/c1-6-8-11(5)12(14-7-2)13-9-10(3)4/h8-9H,6-7H2,1-5H3/b11-8+,13-12?. The molecule has 0 aromatic heterocycles. The van der Waals surface area contributed by atoms with Gasteiger partial charge in [-0.1, -0.05) is 18.6 Å². The molecule has 14 heavy (non-hydrogen) atoms. The van der Waals surface area contributed by atoms with Crippen molar-refractivity contribution in [3.05, 3.63) is 23.4 Å². The van der Waals surface area contributed by atoms with Gasteiger partial charge >= 0.3 is 0 Å². The Morgan fingerprint density at radius 3 is 2.29 bits per heavy atom. The van der Waals surface area contributed by atoms with Crippen molar-refractivity contribution in [2.45, 2.75) is 41.0 Å². The van der Waals surface area contributed by atoms with Crippen molar-refractivity contribution in [2.75, 3.05) is 6.61 Å². The van der Waals surface area contributed by atoms with Gasteiger partial charge in [0, 0.05) is 11.8 Å². The third-order valence-electron chi connectivity index (χ3n) is 1.57. The minimum absolute atomic E-state index is 0.657. The van der Waals surface area contributed by atoms with E-state index in [0.717, 1.165) is 17.9 Å². The maximum absolute atomic E-state index is 5.44. The Kier molecular flexibility index (Phi) is 6.81. The lowest BCUT2D eigenvalue weighted by Crippen LogP contribution is -2.05. The summed E-state index contributed by atoms with van der Waals surface area (Å²) in [5.41, 5.74) is 2.28. The van der Waals surface area contributed by atoms with Crippen LogP contribution in [0.1, 0.15) is 41.0 Å². The Hall–Kier alpha value is -1.05. The minimum Gasteiger partial charge on any atom is -0.478 e. The van der Waals surface area contributed by atoms with Crippen LogP contribution in [0.2, 0.25) is 0 Å². The van der Waals surface area contributed by atoms with Crippen LogP contribution in [0.5, 0.6) is 0 Å². The highest BCUT2D eigenvalue weighted by atomic mass is 16.5. The second-order valence-electron chi connectivity index (χ2n) is 3.37. The number of hydrogen-bond acceptors (Lipinski definition) is 2. The van der Waals surface area contributed by atoms with Gasteiger partial charge in [0.15, 0.2) is 0 Å². The van der Waals surface area contributed by atoms with E-state index in [0.29, 0.717) is 6.61 Å². The molecule has 0 atom stereocenters. The molecule has 0 aliphatic heterocycles. The van der Waals surface area contributed by atoms with Crippen LogP contribution >= 0.6 is 0 Å². The summed E-state index contributed by atoms with van der Waals surface area (Å²) in [5.74, 6) is 0.732. The molecule has 0 aromatic rings. The maximum atomic E-state index is 5.44. The third kappa shape index (κ3) is 5.57. The summed E-state index contributed by atoms with van der Waals surface area (Å²) in [6.45, 7) is 10.8. The van der Waals surface area contributed by atoms with Crippen molar-refractivity contribution in [3.63, 3.8) is 0 Å². The fourth-order valence-electron chi connectivity index (χ4n) is 0.971. The second-order valence-corrected chi connectivity index (χ2v) is 3.37. The van der Waals surface area contributed by atoms with E-state index in [4.69, 9.17) is 4.74 Å². The molecule has 2 nitrogen and oxygen atoms in total. The monoisotopic (exact) mass is 195 g/mol. The summed E-state index contributed by atoms with van der Waals surface area (Å²) in [7, 11) is 0. The molecule has 0 radical (unpaired) electrons. The molecule has 0 amide bonds. The summed E-state index contributed by atoms with van der Waals surface area (Å²) >= 11 is 0. The molecule has 0 aromatic carbocycles. The normalized spacial score (nSPS) is 12.6. The van der Waals surface area contributed by atoms with Crippen LogP contribution in [0.3, 0.4) is 0 Å². The predicted molar refractivity (Wildman–Crippen MR) is 62.5 cm³/mol. The highest BCUT2D eigenvalue weighted by Gasteiger charge is 2.00. The molecule has 80 valence electrons. The van der Waals surface area contributed by atoms with E-state index >= 15 is 0 Å². The molecule has 0 heterocycles. The lowest BCUT2D eigenvalue weighted by atomic mass is 10.2. The van der Waals surface area contributed by atoms with Gasteiger partial charge in [-0.3, -0.25) is 0 Å². The van der Waals surface area contributed by atoms with E-state index in [9.17, 15) is 0 Å². The molecule has 0 bridgehead atoms. The van der Waals surface area contributed by atoms with Gasteiger partial charge in [-0.2, -0.15) is 0 Å². The smallest absolute Gasteiger partial charge is 0.215 e. The highest BCUT2D eigenvalue weighted by Crippen LogP contribution is 2.03. The van der Waals surface area contributed by atoms with Gasteiger partial charge < -0.3 is 4.74 Å². The quantitative estimate of drug-likeness (QED) is 0.495. The van der Waals surface area contributed by atoms with Crippen LogP contribution < -0.4 is 0 Å². The average Bonchev–Trinajstić information content (AvgIpc) is 2.12. The topological polar surface area (TPSA) is 21.6 Å². The lowest BCUT2D eigenvalue weighted by molar-refractivity contribution is 0.327. The number of ether oxygens (including phenoxy) is 1. The number of nitrogens with zero attached hydrogens (tertiary/aromatic N) is 1. The summed E-state index contributed by atoms with van der Waals surface area (Å²) in [6.07, 6.45) is 4.96. The van der Waals surface area contributed by atoms with Gasteiger partial charge in [-0.05, 0) is 34.1 Å². The zero-order chi connectivity index (χ0) is 11.0. The first-order chi connectivity index (χ1) is 6.61. The van der Waals surface area contributed by atoms with E-state index in [1.807, 2.05) is 33.9 Å². The fourth-order valence-corrected chi connectivity index (χ4v) is 0.971. The first-order valence-corrected chi connectivity index (χ1v) is 5.12. The van der Waals surface area contributed by atoms with Crippen molar-refractivity contribution < 1.29 is 4.74 Å². The maximum Gasteiger partial charge on any atom is 0.215 e. The highest BCUT2D eigenvalue weighted by molar-refractivity contribution is 5.93. The van der Waals surface area contributed by atoms with Crippen LogP contribution in [0.25, 0.3) is 0 Å². The van der Waals surface area contributed by atoms with E-state index in [1.165, 1.54) is 5.57 Å². The zero-order valence-corrected chi connectivity index (χ0v) is 9.92. The molecule has 0 aliphatic carbocycles. The fraction of sp³-hybridized carbons (Fsp3) is 0.583. The number of hydrogen-bond donors (Lipinski definition) is 0. The molecule has 0 saturated heterocycles. The SMILES string of the molecule is CC/C=C(\C)C(=NC=C(C)C)OCC. The zero-order valence-electron chi connectivity index (χ0n) is 9.92. The van der Waals surface area contributed by atoms with E-state index < -0.39 is 0 Å². The summed E-state index contributed by atoms with van der Waals surface area (Å²) in [6, 6.07) is 0. The summed E-state index contributed by atoms with van der Waals surface area (Å²) in [5, 5.41) is 0. The van der Waals surface area contributed by atoms with Gasteiger partial charge in [0.25, 0.3) is 0 Å². The molecular weight excluding hydrogens is 174 g/mol. The summed E-state index contributed by atoms with van der Waals surface area (Å²) in [4.78, 5) is 4.30. The third-order valence-corrected chi connectivity index (χ3v) is 1.57. The van der Waals surface area contributed by atoms with Crippen molar-refractivity contribution >= 4 is 5.90 Å². The van der Waals surface area contributed by atoms with E-state index in [2.05, 4.69) is 18.0 Å². The number of allylic oxidation sites excluding steroid dienone is 2. The van der Waals surface area contributed by atoms with Crippen molar-refractivity contribution in [2.24, 2.45) is 4.99 Å². The molecule has 2 heteroatoms. The van der Waals surface area contributed by atoms with Gasteiger partial charge in [0.1, 0.15) is 0 Å². The largest absolute Gasteiger partial charge is 0.478 e. The Morgan fingerprint density at radius 1 is 1.21 bits per heavy atom. The van der Waals surface area contributed by atoms with E-state index in [-0.39, 0.29) is 0 Å². The first kappa shape index (κ1) is 12.9. The molecule has 0 unspecified atom stereocenters. The average molecular weight is 195 g/mol. The van der Waals surface area contributed by atoms with Crippen LogP contribution in [-0.4, -0.2) is 12.5 Å². The van der Waals surface area contributed by atoms with Crippen molar-refractivity contribution in [3.8, 4) is 0 Å². The Labute approximate surface area is 87.4 Å². The summed E-state index contributed by atoms with van der Waals surface area (Å²) < 4.78 is 5.44. The number of rotatable bonds is 4.